The summed E-state index contributed by atoms with van der Waals surface area (Å²) in [6.45, 7) is 6.05. The lowest BCUT2D eigenvalue weighted by Crippen LogP contribution is -2.49. The van der Waals surface area contributed by atoms with Crippen molar-refractivity contribution in [3.8, 4) is 0 Å². The van der Waals surface area contributed by atoms with Crippen LogP contribution in [0.3, 0.4) is 0 Å². The van der Waals surface area contributed by atoms with Crippen molar-refractivity contribution < 1.29 is 14.3 Å². The molecule has 2 rings (SSSR count). The molecule has 0 aromatic carbocycles. The van der Waals surface area contributed by atoms with Crippen LogP contribution in [0.15, 0.2) is 0 Å². The number of nitrogens with one attached hydrogen (secondary N) is 2. The first kappa shape index (κ1) is 14.6. The number of carbonyl (C=O) groups is 1. The van der Waals surface area contributed by atoms with E-state index >= 15 is 0 Å². The maximum Gasteiger partial charge on any atom is 0.315 e. The minimum Gasteiger partial charge on any atom is -0.379 e. The van der Waals surface area contributed by atoms with Crippen LogP contribution in [0.25, 0.3) is 0 Å². The minimum absolute atomic E-state index is 0.0224. The van der Waals surface area contributed by atoms with Crippen LogP contribution >= 0.6 is 0 Å². The van der Waals surface area contributed by atoms with Crippen molar-refractivity contribution in [2.45, 2.75) is 57.7 Å². The zero-order valence-corrected chi connectivity index (χ0v) is 12.0. The molecule has 1 saturated carbocycles. The van der Waals surface area contributed by atoms with Crippen molar-refractivity contribution in [1.29, 1.82) is 0 Å². The fourth-order valence-electron chi connectivity index (χ4n) is 2.50. The molecule has 19 heavy (non-hydrogen) atoms. The van der Waals surface area contributed by atoms with Gasteiger partial charge in [0.2, 0.25) is 0 Å². The molecule has 3 atom stereocenters. The molecule has 0 aromatic rings. The topological polar surface area (TPSA) is 59.6 Å². The monoisotopic (exact) mass is 270 g/mol. The van der Waals surface area contributed by atoms with Gasteiger partial charge in [-0.1, -0.05) is 6.42 Å². The highest BCUT2D eigenvalue weighted by atomic mass is 16.5. The van der Waals surface area contributed by atoms with Gasteiger partial charge in [0, 0.05) is 12.6 Å². The third-order valence-corrected chi connectivity index (χ3v) is 4.06. The third kappa shape index (κ3) is 4.66. The van der Waals surface area contributed by atoms with Gasteiger partial charge in [-0.2, -0.15) is 0 Å². The average Bonchev–Trinajstić information content (AvgIpc) is 2.75. The van der Waals surface area contributed by atoms with Gasteiger partial charge < -0.3 is 20.1 Å². The first-order chi connectivity index (χ1) is 9.15. The number of hydrogen-bond donors (Lipinski definition) is 2. The molecule has 0 aromatic heterocycles. The van der Waals surface area contributed by atoms with Crippen molar-refractivity contribution in [3.05, 3.63) is 0 Å². The predicted molar refractivity (Wildman–Crippen MR) is 73.1 cm³/mol. The summed E-state index contributed by atoms with van der Waals surface area (Å²) in [6.07, 6.45) is 4.92. The number of urea groups is 1. The van der Waals surface area contributed by atoms with Gasteiger partial charge in [0.1, 0.15) is 0 Å². The molecule has 5 nitrogen and oxygen atoms in total. The molecule has 2 aliphatic rings. The summed E-state index contributed by atoms with van der Waals surface area (Å²) < 4.78 is 10.9. The summed E-state index contributed by atoms with van der Waals surface area (Å²) >= 11 is 0. The molecular formula is C14H26N2O3. The Hall–Kier alpha value is -0.810. The number of hydrogen-bond acceptors (Lipinski definition) is 3. The van der Waals surface area contributed by atoms with E-state index in [9.17, 15) is 4.79 Å². The number of carbonyl (C=O) groups excluding carboxylic acids is 1. The standard InChI is InChI=1S/C14H26N2O3/c1-10(8-19-13-6-7-18-9-13)15-14(17)16-11(2)12-4-3-5-12/h10-13H,3-9H2,1-2H3,(H2,15,16,17). The zero-order chi connectivity index (χ0) is 13.7. The van der Waals surface area contributed by atoms with Crippen LogP contribution in [0.4, 0.5) is 4.79 Å². The lowest BCUT2D eigenvalue weighted by atomic mass is 9.80. The van der Waals surface area contributed by atoms with Crippen molar-refractivity contribution in [2.75, 3.05) is 19.8 Å². The maximum atomic E-state index is 11.8. The van der Waals surface area contributed by atoms with Crippen molar-refractivity contribution >= 4 is 6.03 Å². The summed E-state index contributed by atoms with van der Waals surface area (Å²) in [6, 6.07) is 0.206. The lowest BCUT2D eigenvalue weighted by molar-refractivity contribution is 0.0337. The normalized spacial score (nSPS) is 26.5. The second-order valence-electron chi connectivity index (χ2n) is 5.82. The number of amides is 2. The molecule has 2 N–H and O–H groups in total. The van der Waals surface area contributed by atoms with Gasteiger partial charge >= 0.3 is 6.03 Å². The molecule has 0 spiro atoms. The Morgan fingerprint density at radius 2 is 2.11 bits per heavy atom. The molecule has 110 valence electrons. The molecule has 1 aliphatic carbocycles. The third-order valence-electron chi connectivity index (χ3n) is 4.06. The Bertz CT molecular complexity index is 288. The largest absolute Gasteiger partial charge is 0.379 e. The fourth-order valence-corrected chi connectivity index (χ4v) is 2.50. The van der Waals surface area contributed by atoms with Crippen LogP contribution in [0.1, 0.15) is 39.5 Å². The highest BCUT2D eigenvalue weighted by Crippen LogP contribution is 2.29. The molecule has 1 aliphatic heterocycles. The maximum absolute atomic E-state index is 11.8. The Labute approximate surface area is 115 Å². The van der Waals surface area contributed by atoms with E-state index in [2.05, 4.69) is 17.6 Å². The molecule has 0 bridgehead atoms. The first-order valence-corrected chi connectivity index (χ1v) is 7.41. The summed E-state index contributed by atoms with van der Waals surface area (Å²) in [5, 5.41) is 5.93. The Morgan fingerprint density at radius 1 is 1.32 bits per heavy atom. The smallest absolute Gasteiger partial charge is 0.315 e. The molecule has 2 fully saturated rings. The Morgan fingerprint density at radius 3 is 2.68 bits per heavy atom. The van der Waals surface area contributed by atoms with Gasteiger partial charge in [-0.3, -0.25) is 0 Å². The van der Waals surface area contributed by atoms with Gasteiger partial charge in [0.15, 0.2) is 0 Å². The summed E-state index contributed by atoms with van der Waals surface area (Å²) in [5.74, 6) is 0.660. The minimum atomic E-state index is -0.0850. The predicted octanol–water partition coefficient (Wildman–Crippen LogP) is 1.67. The molecule has 5 heteroatoms. The van der Waals surface area contributed by atoms with E-state index in [-0.39, 0.29) is 24.2 Å². The van der Waals surface area contributed by atoms with Crippen molar-refractivity contribution in [1.82, 2.24) is 10.6 Å². The average molecular weight is 270 g/mol. The Kier molecular flexibility index (Phi) is 5.45. The van der Waals surface area contributed by atoms with Crippen LogP contribution < -0.4 is 10.6 Å². The van der Waals surface area contributed by atoms with E-state index in [0.29, 0.717) is 19.1 Å². The van der Waals surface area contributed by atoms with E-state index in [1.54, 1.807) is 0 Å². The van der Waals surface area contributed by atoms with Gasteiger partial charge in [-0.25, -0.2) is 4.79 Å². The summed E-state index contributed by atoms with van der Waals surface area (Å²) in [5.41, 5.74) is 0. The second-order valence-corrected chi connectivity index (χ2v) is 5.82. The van der Waals surface area contributed by atoms with Gasteiger partial charge in [0.05, 0.1) is 25.4 Å². The van der Waals surface area contributed by atoms with Gasteiger partial charge in [0.25, 0.3) is 0 Å². The van der Waals surface area contributed by atoms with Gasteiger partial charge in [-0.05, 0) is 39.0 Å². The van der Waals surface area contributed by atoms with Crippen LogP contribution in [-0.2, 0) is 9.47 Å². The second kappa shape index (κ2) is 7.10. The van der Waals surface area contributed by atoms with E-state index in [1.165, 1.54) is 19.3 Å². The highest BCUT2D eigenvalue weighted by molar-refractivity contribution is 5.74. The van der Waals surface area contributed by atoms with Crippen LogP contribution in [0, 0.1) is 5.92 Å². The van der Waals surface area contributed by atoms with Gasteiger partial charge in [-0.15, -0.1) is 0 Å². The quantitative estimate of drug-likeness (QED) is 0.772. The van der Waals surface area contributed by atoms with Crippen molar-refractivity contribution in [2.24, 2.45) is 5.92 Å². The zero-order valence-electron chi connectivity index (χ0n) is 12.0. The van der Waals surface area contributed by atoms with E-state index in [1.807, 2.05) is 6.92 Å². The van der Waals surface area contributed by atoms with E-state index in [4.69, 9.17) is 9.47 Å². The molecule has 0 radical (unpaired) electrons. The van der Waals surface area contributed by atoms with Crippen molar-refractivity contribution in [3.63, 3.8) is 0 Å². The number of rotatable bonds is 6. The molecule has 1 saturated heterocycles. The summed E-state index contributed by atoms with van der Waals surface area (Å²) in [7, 11) is 0. The fraction of sp³-hybridized carbons (Fsp3) is 0.929. The highest BCUT2D eigenvalue weighted by Gasteiger charge is 2.25. The van der Waals surface area contributed by atoms with Crippen LogP contribution in [0.2, 0.25) is 0 Å². The molecule has 1 heterocycles. The SMILES string of the molecule is CC(COC1CCOC1)NC(=O)NC(C)C1CCC1. The lowest BCUT2D eigenvalue weighted by Gasteiger charge is -2.32. The van der Waals surface area contributed by atoms with E-state index in [0.717, 1.165) is 13.0 Å². The summed E-state index contributed by atoms with van der Waals surface area (Å²) in [4.78, 5) is 11.8. The molecular weight excluding hydrogens is 244 g/mol. The number of ether oxygens (including phenoxy) is 2. The molecule has 2 amide bonds. The Balaban J connectivity index is 1.57. The van der Waals surface area contributed by atoms with E-state index < -0.39 is 0 Å². The van der Waals surface area contributed by atoms with Crippen LogP contribution in [0.5, 0.6) is 0 Å². The first-order valence-electron chi connectivity index (χ1n) is 7.41. The molecule has 3 unspecified atom stereocenters. The van der Waals surface area contributed by atoms with Crippen LogP contribution in [-0.4, -0.2) is 44.0 Å².